The van der Waals surface area contributed by atoms with E-state index < -0.39 is 10.0 Å². The second kappa shape index (κ2) is 10.1. The zero-order valence-corrected chi connectivity index (χ0v) is 20.0. The van der Waals surface area contributed by atoms with Crippen molar-refractivity contribution in [2.45, 2.75) is 24.3 Å². The molecule has 1 fully saturated rings. The third kappa shape index (κ3) is 5.31. The molecule has 2 aliphatic rings. The lowest BCUT2D eigenvalue weighted by atomic mass is 10.1. The van der Waals surface area contributed by atoms with E-state index in [-0.39, 0.29) is 23.4 Å². The van der Waals surface area contributed by atoms with Crippen molar-refractivity contribution in [2.75, 3.05) is 53.0 Å². The van der Waals surface area contributed by atoms with Crippen LogP contribution in [0.2, 0.25) is 0 Å². The first-order chi connectivity index (χ1) is 15.9. The third-order valence-corrected chi connectivity index (χ3v) is 8.20. The molecule has 1 amide bonds. The normalized spacial score (nSPS) is 18.4. The van der Waals surface area contributed by atoms with Crippen LogP contribution in [0.25, 0.3) is 0 Å². The Bertz CT molecular complexity index is 1070. The molecular weight excluding hydrogens is 442 g/mol. The molecule has 8 nitrogen and oxygen atoms in total. The van der Waals surface area contributed by atoms with Crippen LogP contribution in [0, 0.1) is 0 Å². The van der Waals surface area contributed by atoms with E-state index in [1.54, 1.807) is 23.1 Å². The number of hydrogen-bond acceptors (Lipinski definition) is 6. The number of nitrogens with zero attached hydrogens (tertiary/aromatic N) is 3. The lowest BCUT2D eigenvalue weighted by Crippen LogP contribution is -2.51. The first-order valence-corrected chi connectivity index (χ1v) is 12.7. The average Bonchev–Trinajstić information content (AvgIpc) is 3.09. The van der Waals surface area contributed by atoms with Crippen molar-refractivity contribution in [1.29, 1.82) is 0 Å². The Morgan fingerprint density at radius 2 is 1.67 bits per heavy atom. The fourth-order valence-electron chi connectivity index (χ4n) is 4.06. The summed E-state index contributed by atoms with van der Waals surface area (Å²) in [6.07, 6.45) is 0.761. The van der Waals surface area contributed by atoms with Gasteiger partial charge in [0.15, 0.2) is 11.5 Å². The van der Waals surface area contributed by atoms with Gasteiger partial charge in [-0.3, -0.25) is 9.69 Å². The highest BCUT2D eigenvalue weighted by Crippen LogP contribution is 2.33. The van der Waals surface area contributed by atoms with Gasteiger partial charge in [-0.15, -0.1) is 0 Å². The standard InChI is InChI=1S/C24H31N3O5S/c1-19(20-7-4-3-5-8-20)25(2)24(28)18-26-11-13-27(14-12-26)33(29,30)21-9-10-22-23(17-21)32-16-6-15-31-22/h3-5,7-10,17,19H,6,11-16,18H2,1-2H3/t19-/m0/s1. The largest absolute Gasteiger partial charge is 0.490 e. The Labute approximate surface area is 195 Å². The topological polar surface area (TPSA) is 79.4 Å². The number of carbonyl (C=O) groups is 1. The minimum Gasteiger partial charge on any atom is -0.490 e. The number of carbonyl (C=O) groups excluding carboxylic acids is 1. The van der Waals surface area contributed by atoms with Crippen molar-refractivity contribution < 1.29 is 22.7 Å². The summed E-state index contributed by atoms with van der Waals surface area (Å²) >= 11 is 0. The van der Waals surface area contributed by atoms with Gasteiger partial charge in [0.1, 0.15) is 0 Å². The second-order valence-corrected chi connectivity index (χ2v) is 10.4. The molecule has 4 rings (SSSR count). The zero-order chi connectivity index (χ0) is 23.4. The van der Waals surface area contributed by atoms with Gasteiger partial charge in [-0.25, -0.2) is 8.42 Å². The molecule has 0 saturated carbocycles. The van der Waals surface area contributed by atoms with Crippen molar-refractivity contribution in [1.82, 2.24) is 14.1 Å². The molecule has 0 unspecified atom stereocenters. The average molecular weight is 474 g/mol. The number of rotatable bonds is 6. The minimum absolute atomic E-state index is 0.0190. The van der Waals surface area contributed by atoms with Crippen LogP contribution in [0.15, 0.2) is 53.4 Å². The van der Waals surface area contributed by atoms with Crippen molar-refractivity contribution in [3.8, 4) is 11.5 Å². The number of hydrogen-bond donors (Lipinski definition) is 0. The minimum atomic E-state index is -3.65. The SMILES string of the molecule is C[C@@H](c1ccccc1)N(C)C(=O)CN1CCN(S(=O)(=O)c2ccc3c(c2)OCCCO3)CC1. The van der Waals surface area contributed by atoms with Crippen LogP contribution in [-0.4, -0.2) is 81.4 Å². The molecule has 2 aromatic carbocycles. The molecule has 9 heteroatoms. The smallest absolute Gasteiger partial charge is 0.243 e. The van der Waals surface area contributed by atoms with E-state index in [1.807, 2.05) is 49.2 Å². The van der Waals surface area contributed by atoms with Crippen LogP contribution in [-0.2, 0) is 14.8 Å². The number of ether oxygens (including phenoxy) is 2. The molecular formula is C24H31N3O5S. The Morgan fingerprint density at radius 3 is 2.36 bits per heavy atom. The first-order valence-electron chi connectivity index (χ1n) is 11.3. The van der Waals surface area contributed by atoms with E-state index in [9.17, 15) is 13.2 Å². The van der Waals surface area contributed by atoms with Gasteiger partial charge < -0.3 is 14.4 Å². The molecule has 0 N–H and O–H groups in total. The van der Waals surface area contributed by atoms with E-state index in [0.29, 0.717) is 50.9 Å². The number of piperazine rings is 1. The molecule has 0 spiro atoms. The van der Waals surface area contributed by atoms with Gasteiger partial charge in [0.05, 0.1) is 30.7 Å². The van der Waals surface area contributed by atoms with Gasteiger partial charge >= 0.3 is 0 Å². The van der Waals surface area contributed by atoms with Crippen molar-refractivity contribution in [2.24, 2.45) is 0 Å². The summed E-state index contributed by atoms with van der Waals surface area (Å²) in [7, 11) is -1.84. The summed E-state index contributed by atoms with van der Waals surface area (Å²) in [4.78, 5) is 16.8. The highest BCUT2D eigenvalue weighted by molar-refractivity contribution is 7.89. The van der Waals surface area contributed by atoms with Crippen LogP contribution in [0.4, 0.5) is 0 Å². The predicted molar refractivity (Wildman–Crippen MR) is 125 cm³/mol. The summed E-state index contributed by atoms with van der Waals surface area (Å²) in [6.45, 7) is 5.01. The fourth-order valence-corrected chi connectivity index (χ4v) is 5.49. The van der Waals surface area contributed by atoms with E-state index >= 15 is 0 Å². The van der Waals surface area contributed by atoms with Gasteiger partial charge in [0.25, 0.3) is 0 Å². The highest BCUT2D eigenvalue weighted by Gasteiger charge is 2.31. The molecule has 2 heterocycles. The number of fused-ring (bicyclic) bond motifs is 1. The summed E-state index contributed by atoms with van der Waals surface area (Å²) in [5.74, 6) is 1.06. The number of likely N-dealkylation sites (N-methyl/N-ethyl adjacent to an activating group) is 1. The summed E-state index contributed by atoms with van der Waals surface area (Å²) in [6, 6.07) is 14.7. The maximum absolute atomic E-state index is 13.2. The molecule has 0 radical (unpaired) electrons. The quantitative estimate of drug-likeness (QED) is 0.641. The van der Waals surface area contributed by atoms with Crippen LogP contribution in [0.3, 0.4) is 0 Å². The zero-order valence-electron chi connectivity index (χ0n) is 19.1. The molecule has 1 saturated heterocycles. The van der Waals surface area contributed by atoms with Crippen molar-refractivity contribution in [3.05, 3.63) is 54.1 Å². The summed E-state index contributed by atoms with van der Waals surface area (Å²) in [5, 5.41) is 0. The molecule has 33 heavy (non-hydrogen) atoms. The van der Waals surface area contributed by atoms with Gasteiger partial charge in [0, 0.05) is 45.7 Å². The molecule has 2 aliphatic heterocycles. The third-order valence-electron chi connectivity index (χ3n) is 6.30. The van der Waals surface area contributed by atoms with E-state index in [1.165, 1.54) is 4.31 Å². The maximum Gasteiger partial charge on any atom is 0.243 e. The maximum atomic E-state index is 13.2. The van der Waals surface area contributed by atoms with Gasteiger partial charge in [-0.05, 0) is 24.6 Å². The van der Waals surface area contributed by atoms with Gasteiger partial charge in [-0.1, -0.05) is 30.3 Å². The lowest BCUT2D eigenvalue weighted by molar-refractivity contribution is -0.133. The molecule has 0 bridgehead atoms. The van der Waals surface area contributed by atoms with Crippen molar-refractivity contribution >= 4 is 15.9 Å². The Hall–Kier alpha value is -2.62. The Morgan fingerprint density at radius 1 is 1.00 bits per heavy atom. The Balaban J connectivity index is 1.34. The predicted octanol–water partition coefficient (Wildman–Crippen LogP) is 2.37. The van der Waals surface area contributed by atoms with Crippen LogP contribution in [0.5, 0.6) is 11.5 Å². The monoisotopic (exact) mass is 473 g/mol. The lowest BCUT2D eigenvalue weighted by Gasteiger charge is -2.35. The van der Waals surface area contributed by atoms with Crippen LogP contribution in [0.1, 0.15) is 24.9 Å². The fraction of sp³-hybridized carbons (Fsp3) is 0.458. The number of amides is 1. The van der Waals surface area contributed by atoms with Gasteiger partial charge in [0.2, 0.25) is 15.9 Å². The summed E-state index contributed by atoms with van der Waals surface area (Å²) in [5.41, 5.74) is 1.08. The Kier molecular flexibility index (Phi) is 7.21. The van der Waals surface area contributed by atoms with Gasteiger partial charge in [-0.2, -0.15) is 4.31 Å². The molecule has 0 aliphatic carbocycles. The summed E-state index contributed by atoms with van der Waals surface area (Å²) < 4.78 is 39.1. The number of benzene rings is 2. The molecule has 1 atom stereocenters. The van der Waals surface area contributed by atoms with E-state index in [4.69, 9.17) is 9.47 Å². The second-order valence-electron chi connectivity index (χ2n) is 8.43. The van der Waals surface area contributed by atoms with Crippen LogP contribution < -0.4 is 9.47 Å². The van der Waals surface area contributed by atoms with Crippen molar-refractivity contribution in [3.63, 3.8) is 0 Å². The first kappa shape index (κ1) is 23.5. The molecule has 0 aromatic heterocycles. The molecule has 178 valence electrons. The van der Waals surface area contributed by atoms with E-state index in [0.717, 1.165) is 12.0 Å². The van der Waals surface area contributed by atoms with E-state index in [2.05, 4.69) is 0 Å². The van der Waals surface area contributed by atoms with Crippen LogP contribution >= 0.6 is 0 Å². The highest BCUT2D eigenvalue weighted by atomic mass is 32.2. The molecule has 2 aromatic rings. The number of sulfonamides is 1.